The molecule has 5 rings (SSSR count). The van der Waals surface area contributed by atoms with Gasteiger partial charge in [0.2, 0.25) is 5.95 Å². The highest BCUT2D eigenvalue weighted by atomic mass is 16.5. The van der Waals surface area contributed by atoms with E-state index in [9.17, 15) is 4.79 Å². The van der Waals surface area contributed by atoms with Gasteiger partial charge in [-0.25, -0.2) is 9.98 Å². The van der Waals surface area contributed by atoms with Gasteiger partial charge in [-0.15, -0.1) is 0 Å². The number of esters is 1. The molecule has 0 atom stereocenters. The Morgan fingerprint density at radius 1 is 1.17 bits per heavy atom. The zero-order chi connectivity index (χ0) is 28.4. The smallest absolute Gasteiger partial charge is 0.311 e. The monoisotopic (exact) mass is 553 g/mol. The number of allylic oxidation sites excluding steroid dienone is 1. The molecule has 0 unspecified atom stereocenters. The first kappa shape index (κ1) is 28.1. The van der Waals surface area contributed by atoms with Crippen LogP contribution in [-0.4, -0.2) is 71.5 Å². The average Bonchev–Trinajstić information content (AvgIpc) is 2.92. The van der Waals surface area contributed by atoms with Crippen LogP contribution in [-0.2, 0) is 22.6 Å². The zero-order valence-electron chi connectivity index (χ0n) is 23.2. The minimum Gasteiger partial charge on any atom is -0.465 e. The van der Waals surface area contributed by atoms with Crippen molar-refractivity contribution in [3.05, 3.63) is 83.6 Å². The molecule has 0 spiro atoms. The van der Waals surface area contributed by atoms with Crippen molar-refractivity contribution in [3.63, 3.8) is 0 Å². The first-order valence-corrected chi connectivity index (χ1v) is 13.7. The van der Waals surface area contributed by atoms with Crippen LogP contribution in [0.15, 0.2) is 76.6 Å². The molecule has 2 aliphatic rings. The van der Waals surface area contributed by atoms with Crippen molar-refractivity contribution >= 4 is 36.4 Å². The lowest BCUT2D eigenvalue weighted by molar-refractivity contribution is -0.156. The molecule has 0 aliphatic carbocycles. The molecular weight excluding hydrogens is 518 g/mol. The van der Waals surface area contributed by atoms with Gasteiger partial charge in [-0.1, -0.05) is 18.2 Å². The van der Waals surface area contributed by atoms with E-state index in [0.717, 1.165) is 49.8 Å². The highest BCUT2D eigenvalue weighted by Crippen LogP contribution is 2.22. The molecule has 0 radical (unpaired) electrons. The van der Waals surface area contributed by atoms with Gasteiger partial charge in [-0.3, -0.25) is 19.7 Å². The number of pyridine rings is 1. The van der Waals surface area contributed by atoms with Crippen LogP contribution < -0.4 is 16.0 Å². The molecule has 41 heavy (non-hydrogen) atoms. The second-order valence-corrected chi connectivity index (χ2v) is 10.2. The van der Waals surface area contributed by atoms with Gasteiger partial charge in [-0.05, 0) is 55.6 Å². The van der Waals surface area contributed by atoms with E-state index in [0.29, 0.717) is 36.7 Å². The van der Waals surface area contributed by atoms with Crippen LogP contribution in [0.25, 0.3) is 0 Å². The van der Waals surface area contributed by atoms with Crippen molar-refractivity contribution in [1.29, 1.82) is 0 Å². The van der Waals surface area contributed by atoms with E-state index in [2.05, 4.69) is 64.6 Å². The number of aryl methyl sites for hydroxylation is 1. The van der Waals surface area contributed by atoms with Crippen LogP contribution in [0.5, 0.6) is 0 Å². The Morgan fingerprint density at radius 3 is 2.73 bits per heavy atom. The molecule has 0 amide bonds. The molecule has 0 bridgehead atoms. The van der Waals surface area contributed by atoms with Crippen LogP contribution >= 0.6 is 0 Å². The Morgan fingerprint density at radius 2 is 2.00 bits per heavy atom. The Bertz CT molecular complexity index is 1400. The molecule has 3 aromatic rings. The lowest BCUT2D eigenvalue weighted by Crippen LogP contribution is -2.51. The fourth-order valence-electron chi connectivity index (χ4n) is 4.42. The molecule has 11 heteroatoms. The Hall–Kier alpha value is -4.48. The molecule has 2 aliphatic heterocycles. The van der Waals surface area contributed by atoms with E-state index < -0.39 is 0 Å². The standard InChI is InChI=1S/C30H35N9O2/c1-21-4-3-5-26(35-21)16-32-12-10-27(31-2)37-28-11-13-34-30(38-28)36-25-8-6-22(7-9-25)17-39-18-24(19-39)29(40)41-20-23-14-33-15-23/h3-13,23-24,33H,2,14-20H2,1H3,(H2,34,36,37,38)/b27-10+,32-12?. The van der Waals surface area contributed by atoms with Crippen molar-refractivity contribution in [1.82, 2.24) is 25.2 Å². The van der Waals surface area contributed by atoms with E-state index in [1.807, 2.05) is 37.3 Å². The Kier molecular flexibility index (Phi) is 9.40. The number of carbonyl (C=O) groups is 1. The summed E-state index contributed by atoms with van der Waals surface area (Å²) in [6.45, 7) is 10.7. The predicted octanol–water partition coefficient (Wildman–Crippen LogP) is 3.34. The molecule has 2 saturated heterocycles. The van der Waals surface area contributed by atoms with Gasteiger partial charge < -0.3 is 20.7 Å². The second-order valence-electron chi connectivity index (χ2n) is 10.2. The van der Waals surface area contributed by atoms with Gasteiger partial charge in [0.15, 0.2) is 0 Å². The SMILES string of the molecule is C=N/C(=C\C=NCc1cccc(C)n1)Nc1ccnc(Nc2ccc(CN3CC(C(=O)OCC4CNC4)C3)cc2)n1. The number of ether oxygens (including phenoxy) is 1. The number of rotatable bonds is 13. The molecule has 2 aromatic heterocycles. The largest absolute Gasteiger partial charge is 0.465 e. The molecule has 4 heterocycles. The van der Waals surface area contributed by atoms with Crippen LogP contribution in [0.4, 0.5) is 17.5 Å². The summed E-state index contributed by atoms with van der Waals surface area (Å²) in [6.07, 6.45) is 5.06. The molecule has 11 nitrogen and oxygen atoms in total. The number of carbonyl (C=O) groups excluding carboxylic acids is 1. The molecular formula is C30H35N9O2. The summed E-state index contributed by atoms with van der Waals surface area (Å²) in [7, 11) is 0. The number of nitrogens with zero attached hydrogens (tertiary/aromatic N) is 6. The third-order valence-corrected chi connectivity index (χ3v) is 6.85. The average molecular weight is 554 g/mol. The van der Waals surface area contributed by atoms with Gasteiger partial charge in [0.1, 0.15) is 11.6 Å². The van der Waals surface area contributed by atoms with Gasteiger partial charge in [0, 0.05) is 62.4 Å². The minimum atomic E-state index is -0.0697. The van der Waals surface area contributed by atoms with Crippen molar-refractivity contribution in [2.75, 3.05) is 43.4 Å². The van der Waals surface area contributed by atoms with Gasteiger partial charge in [0.25, 0.3) is 0 Å². The summed E-state index contributed by atoms with van der Waals surface area (Å²) in [5.41, 5.74) is 3.91. The van der Waals surface area contributed by atoms with Crippen LogP contribution in [0.3, 0.4) is 0 Å². The van der Waals surface area contributed by atoms with Gasteiger partial charge >= 0.3 is 5.97 Å². The lowest BCUT2D eigenvalue weighted by Gasteiger charge is -2.38. The van der Waals surface area contributed by atoms with Crippen LogP contribution in [0, 0.1) is 18.8 Å². The molecule has 0 saturated carbocycles. The molecule has 2 fully saturated rings. The molecule has 3 N–H and O–H groups in total. The summed E-state index contributed by atoms with van der Waals surface area (Å²) >= 11 is 0. The fourth-order valence-corrected chi connectivity index (χ4v) is 4.42. The zero-order valence-corrected chi connectivity index (χ0v) is 23.2. The number of aliphatic imine (C=N–C) groups is 2. The Balaban J connectivity index is 1.07. The number of anilines is 3. The van der Waals surface area contributed by atoms with E-state index in [-0.39, 0.29) is 11.9 Å². The van der Waals surface area contributed by atoms with E-state index in [1.165, 1.54) is 5.56 Å². The minimum absolute atomic E-state index is 0.0168. The number of hydrogen-bond donors (Lipinski definition) is 3. The van der Waals surface area contributed by atoms with Crippen molar-refractivity contribution in [3.8, 4) is 0 Å². The topological polar surface area (TPSA) is 129 Å². The van der Waals surface area contributed by atoms with E-state index >= 15 is 0 Å². The summed E-state index contributed by atoms with van der Waals surface area (Å²) in [4.78, 5) is 36.1. The number of benzene rings is 1. The van der Waals surface area contributed by atoms with Gasteiger partial charge in [0.05, 0.1) is 24.8 Å². The van der Waals surface area contributed by atoms with Crippen molar-refractivity contribution in [2.24, 2.45) is 21.8 Å². The summed E-state index contributed by atoms with van der Waals surface area (Å²) in [6, 6.07) is 15.7. The highest BCUT2D eigenvalue weighted by Gasteiger charge is 2.34. The summed E-state index contributed by atoms with van der Waals surface area (Å²) < 4.78 is 5.45. The summed E-state index contributed by atoms with van der Waals surface area (Å²) in [5, 5.41) is 9.55. The first-order valence-electron chi connectivity index (χ1n) is 13.7. The fraction of sp³-hybridized carbons (Fsp3) is 0.333. The lowest BCUT2D eigenvalue weighted by atomic mass is 9.99. The van der Waals surface area contributed by atoms with Gasteiger partial charge in [-0.2, -0.15) is 4.98 Å². The quantitative estimate of drug-likeness (QED) is 0.216. The molecule has 212 valence electrons. The van der Waals surface area contributed by atoms with Crippen LogP contribution in [0.2, 0.25) is 0 Å². The number of likely N-dealkylation sites (tertiary alicyclic amines) is 1. The van der Waals surface area contributed by atoms with E-state index in [1.54, 1.807) is 24.6 Å². The van der Waals surface area contributed by atoms with Crippen molar-refractivity contribution in [2.45, 2.75) is 20.0 Å². The third kappa shape index (κ3) is 8.26. The molecule has 1 aromatic carbocycles. The first-order chi connectivity index (χ1) is 20.0. The number of hydrogen-bond acceptors (Lipinski definition) is 11. The van der Waals surface area contributed by atoms with E-state index in [4.69, 9.17) is 4.74 Å². The normalized spacial score (nSPS) is 16.2. The number of nitrogens with one attached hydrogen (secondary N) is 3. The maximum atomic E-state index is 12.2. The van der Waals surface area contributed by atoms with Crippen LogP contribution in [0.1, 0.15) is 17.0 Å². The Labute approximate surface area is 239 Å². The maximum Gasteiger partial charge on any atom is 0.311 e. The predicted molar refractivity (Wildman–Crippen MR) is 160 cm³/mol. The third-order valence-electron chi connectivity index (χ3n) is 6.85. The summed E-state index contributed by atoms with van der Waals surface area (Å²) in [5.74, 6) is 1.92. The second kappa shape index (κ2) is 13.7. The maximum absolute atomic E-state index is 12.2. The number of aromatic nitrogens is 3. The highest BCUT2D eigenvalue weighted by molar-refractivity contribution is 5.74. The van der Waals surface area contributed by atoms with Crippen molar-refractivity contribution < 1.29 is 9.53 Å².